The molecule has 0 saturated carbocycles. The number of anilines is 1. The summed E-state index contributed by atoms with van der Waals surface area (Å²) in [6.07, 6.45) is 3.66. The van der Waals surface area contributed by atoms with E-state index < -0.39 is 5.91 Å². The number of hydrogen-bond donors (Lipinski definition) is 2. The van der Waals surface area contributed by atoms with Gasteiger partial charge < -0.3 is 15.2 Å². The lowest BCUT2D eigenvalue weighted by Gasteiger charge is -2.10. The van der Waals surface area contributed by atoms with E-state index in [2.05, 4.69) is 25.9 Å². The Balaban J connectivity index is 1.72. The standard InChI is InChI=1S/C13H18N6O2/c1-8(2)19-10(5-7-15-19)16-12(20)11-17-13(21-18-11)9-4-3-6-14-9/h5,7-9,14H,3-4,6H2,1-2H3,(H,16,20). The summed E-state index contributed by atoms with van der Waals surface area (Å²) in [5.74, 6) is 0.718. The van der Waals surface area contributed by atoms with E-state index in [4.69, 9.17) is 4.52 Å². The molecule has 0 aromatic carbocycles. The van der Waals surface area contributed by atoms with Crippen molar-refractivity contribution in [3.05, 3.63) is 24.0 Å². The van der Waals surface area contributed by atoms with Gasteiger partial charge in [-0.1, -0.05) is 5.16 Å². The summed E-state index contributed by atoms with van der Waals surface area (Å²) < 4.78 is 6.88. The summed E-state index contributed by atoms with van der Waals surface area (Å²) in [7, 11) is 0. The highest BCUT2D eigenvalue weighted by Crippen LogP contribution is 2.21. The lowest BCUT2D eigenvalue weighted by molar-refractivity contribution is 0.101. The molecule has 0 radical (unpaired) electrons. The molecule has 0 bridgehead atoms. The first-order valence-corrected chi connectivity index (χ1v) is 7.07. The van der Waals surface area contributed by atoms with Gasteiger partial charge in [-0.3, -0.25) is 4.79 Å². The minimum absolute atomic E-state index is 0.0372. The van der Waals surface area contributed by atoms with Gasteiger partial charge in [0.1, 0.15) is 5.82 Å². The largest absolute Gasteiger partial charge is 0.337 e. The van der Waals surface area contributed by atoms with Crippen LogP contribution >= 0.6 is 0 Å². The molecule has 1 fully saturated rings. The fraction of sp³-hybridized carbons (Fsp3) is 0.538. The Bertz CT molecular complexity index is 626. The van der Waals surface area contributed by atoms with Gasteiger partial charge in [-0.2, -0.15) is 10.1 Å². The first-order chi connectivity index (χ1) is 10.1. The molecule has 0 aliphatic carbocycles. The number of carbonyl (C=O) groups is 1. The topological polar surface area (TPSA) is 97.9 Å². The van der Waals surface area contributed by atoms with Crippen molar-refractivity contribution in [2.24, 2.45) is 0 Å². The van der Waals surface area contributed by atoms with E-state index >= 15 is 0 Å². The van der Waals surface area contributed by atoms with Crippen molar-refractivity contribution in [1.29, 1.82) is 0 Å². The van der Waals surface area contributed by atoms with Crippen molar-refractivity contribution in [1.82, 2.24) is 25.2 Å². The average Bonchev–Trinajstić information content (AvgIpc) is 3.19. The molecule has 0 spiro atoms. The number of aromatic nitrogens is 4. The van der Waals surface area contributed by atoms with Crippen LogP contribution in [-0.4, -0.2) is 32.4 Å². The van der Waals surface area contributed by atoms with Crippen LogP contribution in [0.3, 0.4) is 0 Å². The van der Waals surface area contributed by atoms with Crippen molar-refractivity contribution in [3.63, 3.8) is 0 Å². The number of carbonyl (C=O) groups excluding carboxylic acids is 1. The summed E-state index contributed by atoms with van der Waals surface area (Å²) in [6.45, 7) is 4.91. The van der Waals surface area contributed by atoms with Crippen molar-refractivity contribution in [2.75, 3.05) is 11.9 Å². The number of nitrogens with one attached hydrogen (secondary N) is 2. The fourth-order valence-electron chi connectivity index (χ4n) is 2.36. The second-order valence-electron chi connectivity index (χ2n) is 5.31. The van der Waals surface area contributed by atoms with E-state index in [-0.39, 0.29) is 17.9 Å². The Morgan fingerprint density at radius 3 is 3.14 bits per heavy atom. The van der Waals surface area contributed by atoms with Crippen molar-refractivity contribution in [2.45, 2.75) is 38.8 Å². The third-order valence-electron chi connectivity index (χ3n) is 3.40. The molecule has 2 aromatic heterocycles. The van der Waals surface area contributed by atoms with Gasteiger partial charge in [0.05, 0.1) is 12.2 Å². The Morgan fingerprint density at radius 2 is 2.43 bits per heavy atom. The Kier molecular flexibility index (Phi) is 3.70. The van der Waals surface area contributed by atoms with E-state index in [1.807, 2.05) is 13.8 Å². The van der Waals surface area contributed by atoms with Crippen LogP contribution in [0.5, 0.6) is 0 Å². The maximum Gasteiger partial charge on any atom is 0.298 e. The minimum atomic E-state index is -0.398. The molecule has 8 nitrogen and oxygen atoms in total. The highest BCUT2D eigenvalue weighted by atomic mass is 16.5. The van der Waals surface area contributed by atoms with E-state index in [0.717, 1.165) is 19.4 Å². The summed E-state index contributed by atoms with van der Waals surface area (Å²) in [5.41, 5.74) is 0. The van der Waals surface area contributed by atoms with Gasteiger partial charge in [0.2, 0.25) is 5.89 Å². The zero-order chi connectivity index (χ0) is 14.8. The normalized spacial score (nSPS) is 18.3. The van der Waals surface area contributed by atoms with Gasteiger partial charge in [0, 0.05) is 12.1 Å². The number of amides is 1. The van der Waals surface area contributed by atoms with Crippen LogP contribution in [0.1, 0.15) is 55.3 Å². The molecule has 2 aromatic rings. The lowest BCUT2D eigenvalue weighted by Crippen LogP contribution is -2.18. The van der Waals surface area contributed by atoms with Crippen LogP contribution in [0.4, 0.5) is 5.82 Å². The van der Waals surface area contributed by atoms with E-state index in [9.17, 15) is 4.79 Å². The molecule has 2 N–H and O–H groups in total. The molecule has 3 rings (SSSR count). The van der Waals surface area contributed by atoms with E-state index in [0.29, 0.717) is 11.7 Å². The van der Waals surface area contributed by atoms with E-state index in [1.165, 1.54) is 0 Å². The van der Waals surface area contributed by atoms with Gasteiger partial charge in [-0.05, 0) is 33.2 Å². The Hall–Kier alpha value is -2.22. The van der Waals surface area contributed by atoms with Crippen molar-refractivity contribution < 1.29 is 9.32 Å². The molecule has 1 aliphatic rings. The summed E-state index contributed by atoms with van der Waals surface area (Å²) in [4.78, 5) is 16.3. The van der Waals surface area contributed by atoms with E-state index in [1.54, 1.807) is 16.9 Å². The molecule has 3 heterocycles. The SMILES string of the molecule is CC(C)n1nccc1NC(=O)c1noc(C2CCCN2)n1. The predicted octanol–water partition coefficient (Wildman–Crippen LogP) is 1.52. The number of rotatable bonds is 4. The quantitative estimate of drug-likeness (QED) is 0.886. The molecular formula is C13H18N6O2. The van der Waals surface area contributed by atoms with Crippen LogP contribution < -0.4 is 10.6 Å². The third kappa shape index (κ3) is 2.80. The van der Waals surface area contributed by atoms with Gasteiger partial charge in [-0.25, -0.2) is 4.68 Å². The molecule has 112 valence electrons. The molecule has 1 aliphatic heterocycles. The van der Waals surface area contributed by atoms with Crippen LogP contribution in [0, 0.1) is 0 Å². The third-order valence-corrected chi connectivity index (χ3v) is 3.40. The van der Waals surface area contributed by atoms with Gasteiger partial charge in [0.15, 0.2) is 0 Å². The molecule has 1 amide bonds. The highest BCUT2D eigenvalue weighted by molar-refractivity contribution is 6.00. The molecule has 1 atom stereocenters. The summed E-state index contributed by atoms with van der Waals surface area (Å²) in [5, 5.41) is 13.9. The smallest absolute Gasteiger partial charge is 0.298 e. The Labute approximate surface area is 121 Å². The molecule has 1 saturated heterocycles. The van der Waals surface area contributed by atoms with Crippen molar-refractivity contribution >= 4 is 11.7 Å². The highest BCUT2D eigenvalue weighted by Gasteiger charge is 2.24. The second kappa shape index (κ2) is 5.65. The zero-order valence-corrected chi connectivity index (χ0v) is 12.0. The van der Waals surface area contributed by atoms with Gasteiger partial charge in [0.25, 0.3) is 11.7 Å². The minimum Gasteiger partial charge on any atom is -0.337 e. The van der Waals surface area contributed by atoms with Gasteiger partial charge >= 0.3 is 0 Å². The lowest BCUT2D eigenvalue weighted by atomic mass is 10.2. The monoisotopic (exact) mass is 290 g/mol. The van der Waals surface area contributed by atoms with Crippen molar-refractivity contribution in [3.8, 4) is 0 Å². The maximum absolute atomic E-state index is 12.2. The fourth-order valence-corrected chi connectivity index (χ4v) is 2.36. The zero-order valence-electron chi connectivity index (χ0n) is 12.0. The molecular weight excluding hydrogens is 272 g/mol. The van der Waals surface area contributed by atoms with Crippen LogP contribution in [0.2, 0.25) is 0 Å². The molecule has 21 heavy (non-hydrogen) atoms. The maximum atomic E-state index is 12.2. The average molecular weight is 290 g/mol. The first kappa shape index (κ1) is 13.7. The second-order valence-corrected chi connectivity index (χ2v) is 5.31. The summed E-state index contributed by atoms with van der Waals surface area (Å²) in [6, 6.07) is 1.94. The Morgan fingerprint density at radius 1 is 1.57 bits per heavy atom. The number of hydrogen-bond acceptors (Lipinski definition) is 6. The summed E-state index contributed by atoms with van der Waals surface area (Å²) >= 11 is 0. The first-order valence-electron chi connectivity index (χ1n) is 7.07. The number of nitrogens with zero attached hydrogens (tertiary/aromatic N) is 4. The molecule has 1 unspecified atom stereocenters. The van der Waals surface area contributed by atoms with Crippen LogP contribution in [-0.2, 0) is 0 Å². The predicted molar refractivity (Wildman–Crippen MR) is 74.8 cm³/mol. The van der Waals surface area contributed by atoms with Gasteiger partial charge in [-0.15, -0.1) is 0 Å². The van der Waals surface area contributed by atoms with Crippen LogP contribution in [0.25, 0.3) is 0 Å². The van der Waals surface area contributed by atoms with Crippen LogP contribution in [0.15, 0.2) is 16.8 Å². The molecule has 8 heteroatoms.